The molecule has 3 rings (SSSR count). The number of benzene rings is 2. The molecule has 2 heteroatoms. The summed E-state index contributed by atoms with van der Waals surface area (Å²) in [5, 5.41) is 4.35. The Morgan fingerprint density at radius 3 is 1.76 bits per heavy atom. The smallest absolute Gasteiger partial charge is 0.0472 e. The second kappa shape index (κ2) is 7.85. The molecule has 0 aliphatic heterocycles. The first kappa shape index (κ1) is 19.0. The molecule has 0 N–H and O–H groups in total. The van der Waals surface area contributed by atoms with E-state index in [4.69, 9.17) is 0 Å². The van der Waals surface area contributed by atoms with Crippen LogP contribution in [0.4, 0.5) is 0 Å². The fourth-order valence-corrected chi connectivity index (χ4v) is 7.04. The van der Waals surface area contributed by atoms with E-state index in [0.29, 0.717) is 0 Å². The molecule has 2 aromatic rings. The van der Waals surface area contributed by atoms with Crippen molar-refractivity contribution in [1.82, 2.24) is 0 Å². The molecule has 5 radical (unpaired) electrons. The topological polar surface area (TPSA) is 0 Å². The molecule has 0 unspecified atom stereocenters. The lowest BCUT2D eigenvalue weighted by molar-refractivity contribution is 0.804. The van der Waals surface area contributed by atoms with Crippen LogP contribution >= 0.6 is 19.7 Å². The lowest BCUT2D eigenvalue weighted by Gasteiger charge is -2.33. The first-order valence-corrected chi connectivity index (χ1v) is 10.9. The summed E-state index contributed by atoms with van der Waals surface area (Å²) in [6.45, 7) is 11.3. The molecule has 2 aromatic carbocycles. The van der Waals surface area contributed by atoms with Crippen molar-refractivity contribution in [3.63, 3.8) is 0 Å². The van der Waals surface area contributed by atoms with E-state index in [0.717, 1.165) is 0 Å². The highest BCUT2D eigenvalue weighted by Gasteiger charge is 2.40. The maximum Gasteiger partial charge on any atom is 0.0472 e. The summed E-state index contributed by atoms with van der Waals surface area (Å²) in [5.74, 6) is 0. The van der Waals surface area contributed by atoms with Gasteiger partial charge in [-0.05, 0) is 62.8 Å². The molecule has 25 heavy (non-hydrogen) atoms. The Kier molecular flexibility index (Phi) is 5.96. The third kappa shape index (κ3) is 4.50. The van der Waals surface area contributed by atoms with Crippen LogP contribution < -0.4 is 10.6 Å². The summed E-state index contributed by atoms with van der Waals surface area (Å²) in [4.78, 5) is 0. The zero-order chi connectivity index (χ0) is 18.0. The van der Waals surface area contributed by atoms with Gasteiger partial charge in [-0.15, -0.1) is 11.8 Å². The van der Waals surface area contributed by atoms with Gasteiger partial charge in [-0.3, -0.25) is 0 Å². The van der Waals surface area contributed by atoms with Crippen LogP contribution in [-0.2, 0) is 0 Å². The van der Waals surface area contributed by atoms with Crippen LogP contribution in [0.15, 0.2) is 48.5 Å². The summed E-state index contributed by atoms with van der Waals surface area (Å²) in [6.07, 6.45) is 6.84. The predicted octanol–water partition coefficient (Wildman–Crippen LogP) is 5.96. The molecule has 1 fully saturated rings. The maximum atomic E-state index is 2.33. The first-order valence-electron chi connectivity index (χ1n) is 8.73. The van der Waals surface area contributed by atoms with Crippen molar-refractivity contribution in [3.8, 4) is 0 Å². The Labute approximate surface area is 159 Å². The fourth-order valence-electron chi connectivity index (χ4n) is 3.01. The summed E-state index contributed by atoms with van der Waals surface area (Å²) in [5.41, 5.74) is 4.24. The Morgan fingerprint density at radius 1 is 0.760 bits per heavy atom. The molecule has 0 heterocycles. The van der Waals surface area contributed by atoms with Gasteiger partial charge in [-0.1, -0.05) is 69.3 Å². The molecular weight excluding hydrogens is 339 g/mol. The van der Waals surface area contributed by atoms with Gasteiger partial charge in [0.15, 0.2) is 0 Å². The van der Waals surface area contributed by atoms with E-state index in [9.17, 15) is 0 Å². The molecular formula is C23H26PS. The van der Waals surface area contributed by atoms with Gasteiger partial charge in [-0.2, -0.15) is 0 Å². The van der Waals surface area contributed by atoms with E-state index >= 15 is 0 Å². The Bertz CT molecular complexity index is 671. The van der Waals surface area contributed by atoms with Crippen molar-refractivity contribution in [3.05, 3.63) is 89.8 Å². The van der Waals surface area contributed by atoms with Crippen molar-refractivity contribution < 1.29 is 0 Å². The zero-order valence-corrected chi connectivity index (χ0v) is 17.4. The number of thioether (sulfide) groups is 1. The number of rotatable bonds is 4. The summed E-state index contributed by atoms with van der Waals surface area (Å²) in [6, 6.07) is 17.7. The molecule has 0 amide bonds. The molecule has 0 spiro atoms. The van der Waals surface area contributed by atoms with E-state index in [1.54, 1.807) is 0 Å². The lowest BCUT2D eigenvalue weighted by atomic mass is 10.2. The van der Waals surface area contributed by atoms with Crippen LogP contribution in [0.5, 0.6) is 0 Å². The van der Waals surface area contributed by atoms with Crippen molar-refractivity contribution in [2.24, 2.45) is 0 Å². The second-order valence-corrected chi connectivity index (χ2v) is 11.4. The second-order valence-electron chi connectivity index (χ2n) is 7.40. The molecule has 0 aromatic heterocycles. The normalized spacial score (nSPS) is 16.7. The van der Waals surface area contributed by atoms with E-state index in [-0.39, 0.29) is 4.75 Å². The van der Waals surface area contributed by atoms with Crippen LogP contribution in [0.2, 0.25) is 0 Å². The Balaban J connectivity index is 2.06. The largest absolute Gasteiger partial charge is 0.146 e. The first-order chi connectivity index (χ1) is 11.9. The van der Waals surface area contributed by atoms with Gasteiger partial charge in [-0.25, -0.2) is 0 Å². The monoisotopic (exact) mass is 365 g/mol. The minimum atomic E-state index is -0.545. The molecule has 0 atom stereocenters. The summed E-state index contributed by atoms with van der Waals surface area (Å²) in [7, 11) is -0.545. The number of hydrogen-bond donors (Lipinski definition) is 0. The standard InChI is InChI=1S/C23H26PS/c1-17-11-6-8-13-19(17)24(20-14-9-7-12-18(20)2)21-15-10-16-22(21)25-23(3,4)5/h6-16H,1-5H3. The van der Waals surface area contributed by atoms with Gasteiger partial charge < -0.3 is 0 Å². The van der Waals surface area contributed by atoms with Crippen LogP contribution in [0.1, 0.15) is 31.9 Å². The van der Waals surface area contributed by atoms with Gasteiger partial charge in [0.2, 0.25) is 0 Å². The van der Waals surface area contributed by atoms with Gasteiger partial charge in [0, 0.05) is 15.7 Å². The fraction of sp³-hybridized carbons (Fsp3) is 0.261. The third-order valence-corrected chi connectivity index (χ3v) is 8.30. The molecule has 1 saturated carbocycles. The molecule has 0 bridgehead atoms. The molecule has 0 saturated heterocycles. The predicted molar refractivity (Wildman–Crippen MR) is 115 cm³/mol. The van der Waals surface area contributed by atoms with Crippen molar-refractivity contribution in [1.29, 1.82) is 0 Å². The van der Waals surface area contributed by atoms with E-state index < -0.39 is 7.92 Å². The highest BCUT2D eigenvalue weighted by atomic mass is 32.2. The van der Waals surface area contributed by atoms with Crippen LogP contribution in [0, 0.1) is 44.0 Å². The molecule has 0 nitrogen and oxygen atoms in total. The van der Waals surface area contributed by atoms with Gasteiger partial charge >= 0.3 is 0 Å². The average molecular weight is 366 g/mol. The lowest BCUT2D eigenvalue weighted by Crippen LogP contribution is -2.23. The highest BCUT2D eigenvalue weighted by molar-refractivity contribution is 8.04. The minimum absolute atomic E-state index is 0.210. The van der Waals surface area contributed by atoms with E-state index in [1.165, 1.54) is 32.6 Å². The van der Waals surface area contributed by atoms with E-state index in [2.05, 4.69) is 102 Å². The van der Waals surface area contributed by atoms with Crippen molar-refractivity contribution >= 4 is 30.3 Å². The zero-order valence-electron chi connectivity index (χ0n) is 15.7. The average Bonchev–Trinajstić information content (AvgIpc) is 2.97. The van der Waals surface area contributed by atoms with E-state index in [1.807, 2.05) is 11.8 Å². The number of hydrogen-bond acceptors (Lipinski definition) is 1. The highest BCUT2D eigenvalue weighted by Crippen LogP contribution is 2.61. The Morgan fingerprint density at radius 2 is 1.28 bits per heavy atom. The maximum absolute atomic E-state index is 2.33. The third-order valence-electron chi connectivity index (χ3n) is 4.12. The summed E-state index contributed by atoms with van der Waals surface area (Å²) < 4.78 is 0.210. The molecule has 1 aliphatic carbocycles. The Hall–Kier alpha value is -0.780. The number of aryl methyl sites for hydroxylation is 2. The quantitative estimate of drug-likeness (QED) is 0.603. The van der Waals surface area contributed by atoms with Crippen molar-refractivity contribution in [2.45, 2.75) is 39.4 Å². The van der Waals surface area contributed by atoms with Gasteiger partial charge in [0.1, 0.15) is 0 Å². The molecule has 129 valence electrons. The SMILES string of the molecule is Cc1ccccc1P([C]1[CH][CH][CH][C]1SC(C)(C)C)c1ccccc1C. The summed E-state index contributed by atoms with van der Waals surface area (Å²) >= 11 is 1.98. The van der Waals surface area contributed by atoms with Crippen LogP contribution in [0.3, 0.4) is 0 Å². The van der Waals surface area contributed by atoms with Crippen LogP contribution in [-0.4, -0.2) is 4.75 Å². The minimum Gasteiger partial charge on any atom is -0.146 e. The molecule has 1 aliphatic rings. The van der Waals surface area contributed by atoms with Crippen molar-refractivity contribution in [2.75, 3.05) is 0 Å². The van der Waals surface area contributed by atoms with Gasteiger partial charge in [0.25, 0.3) is 0 Å². The van der Waals surface area contributed by atoms with Crippen LogP contribution in [0.25, 0.3) is 0 Å². The van der Waals surface area contributed by atoms with Gasteiger partial charge in [0.05, 0.1) is 0 Å².